The van der Waals surface area contributed by atoms with Crippen molar-refractivity contribution in [1.82, 2.24) is 14.3 Å². The lowest BCUT2D eigenvalue weighted by atomic mass is 10.1. The maximum atomic E-state index is 12.7. The van der Waals surface area contributed by atoms with E-state index in [0.717, 1.165) is 11.3 Å². The van der Waals surface area contributed by atoms with Gasteiger partial charge in [0.1, 0.15) is 10.6 Å². The smallest absolute Gasteiger partial charge is 0.341 e. The first-order valence-corrected chi connectivity index (χ1v) is 10.4. The lowest BCUT2D eigenvalue weighted by Crippen LogP contribution is -2.21. The molecular weight excluding hydrogens is 428 g/mol. The minimum Gasteiger partial charge on any atom is -0.462 e. The van der Waals surface area contributed by atoms with Crippen LogP contribution in [-0.2, 0) is 16.0 Å². The number of pyridine rings is 1. The molecule has 0 saturated heterocycles. The maximum absolute atomic E-state index is 12.7. The third-order valence-electron chi connectivity index (χ3n) is 4.29. The molecule has 30 heavy (non-hydrogen) atoms. The highest BCUT2D eigenvalue weighted by Crippen LogP contribution is 2.34. The van der Waals surface area contributed by atoms with Crippen LogP contribution in [0.15, 0.2) is 24.5 Å². The molecular formula is C20H21ClN4O4S. The van der Waals surface area contributed by atoms with Gasteiger partial charge in [-0.15, -0.1) is 11.3 Å². The van der Waals surface area contributed by atoms with Gasteiger partial charge in [-0.1, -0.05) is 11.6 Å². The van der Waals surface area contributed by atoms with Crippen LogP contribution in [0.25, 0.3) is 5.65 Å². The summed E-state index contributed by atoms with van der Waals surface area (Å²) in [5, 5.41) is 3.58. The summed E-state index contributed by atoms with van der Waals surface area (Å²) in [6.07, 6.45) is 3.41. The van der Waals surface area contributed by atoms with Crippen molar-refractivity contribution in [2.75, 3.05) is 26.0 Å². The number of aromatic nitrogens is 2. The predicted molar refractivity (Wildman–Crippen MR) is 116 cm³/mol. The van der Waals surface area contributed by atoms with Crippen LogP contribution in [0.2, 0.25) is 5.02 Å². The van der Waals surface area contributed by atoms with E-state index in [1.807, 2.05) is 0 Å². The second-order valence-electron chi connectivity index (χ2n) is 6.75. The van der Waals surface area contributed by atoms with Gasteiger partial charge in [0.2, 0.25) is 5.91 Å². The Bertz CT molecular complexity index is 1140. The van der Waals surface area contributed by atoms with E-state index in [2.05, 4.69) is 10.3 Å². The number of hydrogen-bond donors (Lipinski definition) is 1. The van der Waals surface area contributed by atoms with E-state index in [9.17, 15) is 14.4 Å². The summed E-state index contributed by atoms with van der Waals surface area (Å²) in [5.41, 5.74) is 1.89. The molecule has 0 bridgehead atoms. The fraction of sp³-hybridized carbons (Fsp3) is 0.300. The molecule has 0 aliphatic carbocycles. The lowest BCUT2D eigenvalue weighted by molar-refractivity contribution is -0.115. The fourth-order valence-electron chi connectivity index (χ4n) is 2.90. The first-order valence-electron chi connectivity index (χ1n) is 9.16. The molecule has 3 aromatic rings. The molecule has 158 valence electrons. The van der Waals surface area contributed by atoms with Crippen LogP contribution < -0.4 is 5.32 Å². The number of rotatable bonds is 6. The van der Waals surface area contributed by atoms with Crippen molar-refractivity contribution in [3.63, 3.8) is 0 Å². The molecule has 0 fully saturated rings. The predicted octanol–water partition coefficient (Wildman–Crippen LogP) is 3.42. The molecule has 0 spiro atoms. The van der Waals surface area contributed by atoms with E-state index in [-0.39, 0.29) is 35.4 Å². The third-order valence-corrected chi connectivity index (χ3v) is 5.71. The Kier molecular flexibility index (Phi) is 6.42. The number of nitrogens with zero attached hydrogens (tertiary/aromatic N) is 3. The number of amides is 2. The van der Waals surface area contributed by atoms with Crippen LogP contribution in [0.1, 0.15) is 38.2 Å². The Morgan fingerprint density at radius 3 is 2.67 bits per heavy atom. The minimum absolute atomic E-state index is 0.00449. The van der Waals surface area contributed by atoms with E-state index >= 15 is 0 Å². The molecule has 3 heterocycles. The summed E-state index contributed by atoms with van der Waals surface area (Å²) >= 11 is 7.03. The number of halogens is 1. The molecule has 0 unspecified atom stereocenters. The number of carbonyl (C=O) groups is 3. The molecule has 0 atom stereocenters. The summed E-state index contributed by atoms with van der Waals surface area (Å²) in [4.78, 5) is 43.8. The van der Waals surface area contributed by atoms with Crippen LogP contribution in [0.5, 0.6) is 0 Å². The van der Waals surface area contributed by atoms with Crippen LogP contribution in [0.3, 0.4) is 0 Å². The molecule has 10 heteroatoms. The Morgan fingerprint density at radius 1 is 1.27 bits per heavy atom. The van der Waals surface area contributed by atoms with Gasteiger partial charge in [-0.25, -0.2) is 9.78 Å². The summed E-state index contributed by atoms with van der Waals surface area (Å²) in [5.74, 6) is -1.19. The Balaban J connectivity index is 1.87. The first kappa shape index (κ1) is 21.8. The fourth-order valence-corrected chi connectivity index (χ4v) is 4.30. The Morgan fingerprint density at radius 2 is 2.00 bits per heavy atom. The third kappa shape index (κ3) is 4.47. The van der Waals surface area contributed by atoms with Gasteiger partial charge in [-0.3, -0.25) is 9.59 Å². The van der Waals surface area contributed by atoms with E-state index in [4.69, 9.17) is 16.3 Å². The average Bonchev–Trinajstić information content (AvgIpc) is 3.20. The molecule has 0 aromatic carbocycles. The highest BCUT2D eigenvalue weighted by Gasteiger charge is 2.27. The van der Waals surface area contributed by atoms with Gasteiger partial charge in [0.15, 0.2) is 0 Å². The molecule has 0 aliphatic rings. The van der Waals surface area contributed by atoms with Crippen molar-refractivity contribution in [3.8, 4) is 0 Å². The zero-order valence-corrected chi connectivity index (χ0v) is 18.6. The van der Waals surface area contributed by atoms with Crippen molar-refractivity contribution in [1.29, 1.82) is 0 Å². The first-order chi connectivity index (χ1) is 14.2. The largest absolute Gasteiger partial charge is 0.462 e. The molecule has 3 aromatic heterocycles. The average molecular weight is 449 g/mol. The van der Waals surface area contributed by atoms with Gasteiger partial charge in [-0.05, 0) is 31.5 Å². The number of esters is 1. The molecule has 0 aliphatic heterocycles. The molecule has 3 rings (SSSR count). The van der Waals surface area contributed by atoms with Gasteiger partial charge in [0.25, 0.3) is 5.91 Å². The van der Waals surface area contributed by atoms with E-state index < -0.39 is 5.97 Å². The van der Waals surface area contributed by atoms with E-state index in [1.165, 1.54) is 4.90 Å². The van der Waals surface area contributed by atoms with E-state index in [1.54, 1.807) is 56.9 Å². The molecule has 0 saturated carbocycles. The van der Waals surface area contributed by atoms with Gasteiger partial charge >= 0.3 is 5.97 Å². The number of imidazole rings is 1. The highest BCUT2D eigenvalue weighted by molar-refractivity contribution is 7.18. The SMILES string of the molecule is CCOC(=O)c1c(NC(=O)Cc2cn3cc(Cl)ccc3n2)sc(C(=O)N(C)C)c1C. The number of anilines is 1. The summed E-state index contributed by atoms with van der Waals surface area (Å²) in [6, 6.07) is 3.47. The highest BCUT2D eigenvalue weighted by atomic mass is 35.5. The zero-order valence-electron chi connectivity index (χ0n) is 17.0. The van der Waals surface area contributed by atoms with E-state index in [0.29, 0.717) is 26.8 Å². The summed E-state index contributed by atoms with van der Waals surface area (Å²) < 4.78 is 6.85. The van der Waals surface area contributed by atoms with Gasteiger partial charge in [0.05, 0.1) is 34.2 Å². The molecule has 0 radical (unpaired) electrons. The van der Waals surface area contributed by atoms with Crippen molar-refractivity contribution >= 4 is 51.4 Å². The summed E-state index contributed by atoms with van der Waals surface area (Å²) in [7, 11) is 3.25. The van der Waals surface area contributed by atoms with Gasteiger partial charge in [0, 0.05) is 26.5 Å². The standard InChI is InChI=1S/C20H21ClN4O4S/c1-5-29-20(28)16-11(2)17(19(27)24(3)4)30-18(16)23-15(26)8-13-10-25-9-12(21)6-7-14(25)22-13/h6-7,9-10H,5,8H2,1-4H3,(H,23,26). The number of thiophene rings is 1. The Hall–Kier alpha value is -2.91. The Labute approximate surface area is 182 Å². The van der Waals surface area contributed by atoms with Crippen molar-refractivity contribution in [3.05, 3.63) is 51.2 Å². The number of fused-ring (bicyclic) bond motifs is 1. The normalized spacial score (nSPS) is 10.8. The second kappa shape index (κ2) is 8.85. The van der Waals surface area contributed by atoms with Crippen molar-refractivity contribution < 1.29 is 19.1 Å². The number of hydrogen-bond acceptors (Lipinski definition) is 6. The monoisotopic (exact) mass is 448 g/mol. The minimum atomic E-state index is -0.582. The lowest BCUT2D eigenvalue weighted by Gasteiger charge is -2.09. The zero-order chi connectivity index (χ0) is 22.0. The van der Waals surface area contributed by atoms with Gasteiger partial charge < -0.3 is 19.4 Å². The summed E-state index contributed by atoms with van der Waals surface area (Å²) in [6.45, 7) is 3.54. The van der Waals surface area contributed by atoms with Crippen LogP contribution in [0, 0.1) is 6.92 Å². The second-order valence-corrected chi connectivity index (χ2v) is 8.21. The topological polar surface area (TPSA) is 93.0 Å². The maximum Gasteiger partial charge on any atom is 0.341 e. The molecule has 2 amide bonds. The number of carbonyl (C=O) groups excluding carboxylic acids is 3. The quantitative estimate of drug-likeness (QED) is 0.583. The van der Waals surface area contributed by atoms with Gasteiger partial charge in [-0.2, -0.15) is 0 Å². The molecule has 8 nitrogen and oxygen atoms in total. The molecule has 1 N–H and O–H groups in total. The van der Waals surface area contributed by atoms with Crippen molar-refractivity contribution in [2.24, 2.45) is 0 Å². The van der Waals surface area contributed by atoms with Crippen molar-refractivity contribution in [2.45, 2.75) is 20.3 Å². The number of nitrogens with one attached hydrogen (secondary N) is 1. The number of ether oxygens (including phenoxy) is 1. The van der Waals surface area contributed by atoms with Crippen LogP contribution >= 0.6 is 22.9 Å². The van der Waals surface area contributed by atoms with Crippen LogP contribution in [0.4, 0.5) is 5.00 Å². The van der Waals surface area contributed by atoms with Crippen LogP contribution in [-0.4, -0.2) is 52.8 Å².